The van der Waals surface area contributed by atoms with Gasteiger partial charge in [-0.25, -0.2) is 13.9 Å². The van der Waals surface area contributed by atoms with E-state index in [1.807, 2.05) is 48.5 Å². The summed E-state index contributed by atoms with van der Waals surface area (Å²) < 4.78 is 20.4. The lowest BCUT2D eigenvalue weighted by atomic mass is 10.2. The summed E-state index contributed by atoms with van der Waals surface area (Å²) in [5.74, 6) is 0.832. The van der Waals surface area contributed by atoms with Crippen molar-refractivity contribution in [3.63, 3.8) is 0 Å². The summed E-state index contributed by atoms with van der Waals surface area (Å²) in [7, 11) is 1.57. The van der Waals surface area contributed by atoms with Gasteiger partial charge in [0.1, 0.15) is 22.6 Å². The Morgan fingerprint density at radius 3 is 2.58 bits per heavy atom. The lowest BCUT2D eigenvalue weighted by Crippen LogP contribution is -2.22. The highest BCUT2D eigenvalue weighted by atomic mass is 32.2. The maximum absolute atomic E-state index is 13.6. The summed E-state index contributed by atoms with van der Waals surface area (Å²) in [5.41, 5.74) is 3.28. The number of methoxy groups -OCH3 is 1. The fourth-order valence-corrected chi connectivity index (χ4v) is 4.55. The Morgan fingerprint density at radius 2 is 1.77 bits per heavy atom. The zero-order valence-electron chi connectivity index (χ0n) is 16.6. The molecule has 0 saturated carbocycles. The van der Waals surface area contributed by atoms with Crippen LogP contribution in [0.4, 0.5) is 4.39 Å². The summed E-state index contributed by atoms with van der Waals surface area (Å²) in [6.07, 6.45) is 0. The molecule has 5 rings (SSSR count). The zero-order chi connectivity index (χ0) is 21.4. The van der Waals surface area contributed by atoms with Crippen molar-refractivity contribution in [1.29, 1.82) is 0 Å². The molecule has 0 amide bonds. The predicted molar refractivity (Wildman–Crippen MR) is 122 cm³/mol. The van der Waals surface area contributed by atoms with Gasteiger partial charge in [-0.2, -0.15) is 0 Å². The van der Waals surface area contributed by atoms with Crippen LogP contribution in [0.25, 0.3) is 27.6 Å². The topological polar surface area (TPSA) is 59.9 Å². The molecule has 0 fully saturated rings. The third-order valence-corrected chi connectivity index (χ3v) is 6.11. The van der Waals surface area contributed by atoms with Gasteiger partial charge in [-0.05, 0) is 35.9 Å². The molecular formula is C24H18FN3O2S. The number of benzene rings is 3. The zero-order valence-corrected chi connectivity index (χ0v) is 17.4. The number of aromatic nitrogens is 3. The minimum absolute atomic E-state index is 0.202. The smallest absolute Gasteiger partial charge is 0.283 e. The number of rotatable bonds is 5. The van der Waals surface area contributed by atoms with Crippen molar-refractivity contribution in [1.82, 2.24) is 14.5 Å². The van der Waals surface area contributed by atoms with Crippen LogP contribution in [0.15, 0.2) is 82.7 Å². The molecule has 3 aromatic carbocycles. The number of hydrogen-bond donors (Lipinski definition) is 1. The maximum Gasteiger partial charge on any atom is 0.283 e. The Morgan fingerprint density at radius 1 is 1.03 bits per heavy atom. The number of fused-ring (bicyclic) bond motifs is 3. The molecule has 0 bridgehead atoms. The van der Waals surface area contributed by atoms with Crippen molar-refractivity contribution < 1.29 is 9.13 Å². The van der Waals surface area contributed by atoms with E-state index in [4.69, 9.17) is 9.72 Å². The SMILES string of the molecule is COc1ccccc1-n1c(SCc2ccc(F)cc2)nc2c([nH]c3ccccc32)c1=O. The summed E-state index contributed by atoms with van der Waals surface area (Å²) in [5, 5.41) is 1.43. The Balaban J connectivity index is 1.73. The van der Waals surface area contributed by atoms with Crippen LogP contribution in [-0.2, 0) is 5.75 Å². The molecule has 5 nitrogen and oxygen atoms in total. The van der Waals surface area contributed by atoms with E-state index in [0.717, 1.165) is 16.5 Å². The largest absolute Gasteiger partial charge is 0.495 e. The maximum atomic E-state index is 13.6. The molecule has 0 unspecified atom stereocenters. The molecule has 154 valence electrons. The molecule has 1 N–H and O–H groups in total. The quantitative estimate of drug-likeness (QED) is 0.303. The van der Waals surface area contributed by atoms with Crippen LogP contribution in [-0.4, -0.2) is 21.6 Å². The van der Waals surface area contributed by atoms with E-state index in [-0.39, 0.29) is 11.4 Å². The first-order valence-electron chi connectivity index (χ1n) is 9.70. The highest BCUT2D eigenvalue weighted by molar-refractivity contribution is 7.98. The van der Waals surface area contributed by atoms with E-state index in [9.17, 15) is 9.18 Å². The van der Waals surface area contributed by atoms with Gasteiger partial charge in [-0.1, -0.05) is 54.2 Å². The lowest BCUT2D eigenvalue weighted by Gasteiger charge is -2.15. The third kappa shape index (κ3) is 3.47. The molecule has 0 atom stereocenters. The van der Waals surface area contributed by atoms with E-state index in [0.29, 0.717) is 33.4 Å². The van der Waals surface area contributed by atoms with Crippen LogP contribution in [0.2, 0.25) is 0 Å². The fourth-order valence-electron chi connectivity index (χ4n) is 3.59. The minimum atomic E-state index is -0.280. The number of nitrogens with zero attached hydrogens (tertiary/aromatic N) is 2. The molecule has 0 saturated heterocycles. The highest BCUT2D eigenvalue weighted by Crippen LogP contribution is 2.30. The number of aromatic amines is 1. The Bertz CT molecular complexity index is 1460. The predicted octanol–water partition coefficient (Wildman–Crippen LogP) is 5.31. The number of thioether (sulfide) groups is 1. The number of halogens is 1. The van der Waals surface area contributed by atoms with Crippen molar-refractivity contribution in [3.8, 4) is 11.4 Å². The number of para-hydroxylation sites is 3. The first-order chi connectivity index (χ1) is 15.2. The van der Waals surface area contributed by atoms with Crippen molar-refractivity contribution in [2.24, 2.45) is 0 Å². The van der Waals surface area contributed by atoms with E-state index in [2.05, 4.69) is 4.98 Å². The van der Waals surface area contributed by atoms with Gasteiger partial charge in [-0.3, -0.25) is 4.79 Å². The van der Waals surface area contributed by atoms with Gasteiger partial charge in [-0.15, -0.1) is 0 Å². The number of H-pyrrole nitrogens is 1. The minimum Gasteiger partial charge on any atom is -0.495 e. The first kappa shape index (κ1) is 19.4. The molecule has 0 spiro atoms. The van der Waals surface area contributed by atoms with Crippen molar-refractivity contribution in [2.45, 2.75) is 10.9 Å². The Labute approximate surface area is 181 Å². The second-order valence-electron chi connectivity index (χ2n) is 7.02. The van der Waals surface area contributed by atoms with Gasteiger partial charge in [0.2, 0.25) is 0 Å². The number of hydrogen-bond acceptors (Lipinski definition) is 4. The molecule has 7 heteroatoms. The van der Waals surface area contributed by atoms with E-state index < -0.39 is 0 Å². The number of nitrogens with one attached hydrogen (secondary N) is 1. The first-order valence-corrected chi connectivity index (χ1v) is 10.7. The molecular weight excluding hydrogens is 413 g/mol. The Kier molecular flexibility index (Phi) is 4.95. The monoisotopic (exact) mass is 431 g/mol. The number of ether oxygens (including phenoxy) is 1. The van der Waals surface area contributed by atoms with Gasteiger partial charge in [0.15, 0.2) is 5.16 Å². The van der Waals surface area contributed by atoms with Crippen molar-refractivity contribution >= 4 is 33.7 Å². The van der Waals surface area contributed by atoms with E-state index in [1.165, 1.54) is 23.9 Å². The molecule has 31 heavy (non-hydrogen) atoms. The van der Waals surface area contributed by atoms with Crippen LogP contribution < -0.4 is 10.3 Å². The second kappa shape index (κ2) is 7.92. The van der Waals surface area contributed by atoms with Crippen molar-refractivity contribution in [3.05, 3.63) is 94.5 Å². The Hall–Kier alpha value is -3.58. The second-order valence-corrected chi connectivity index (χ2v) is 7.96. The normalized spacial score (nSPS) is 11.3. The van der Waals surface area contributed by atoms with Gasteiger partial charge < -0.3 is 9.72 Å². The van der Waals surface area contributed by atoms with Crippen LogP contribution >= 0.6 is 11.8 Å². The van der Waals surface area contributed by atoms with Crippen LogP contribution in [0.3, 0.4) is 0 Å². The summed E-state index contributed by atoms with van der Waals surface area (Å²) >= 11 is 1.42. The van der Waals surface area contributed by atoms with E-state index in [1.54, 1.807) is 23.8 Å². The molecule has 5 aromatic rings. The standard InChI is InChI=1S/C24H18FN3O2S/c1-30-20-9-5-4-8-19(20)28-23(29)22-21(17-6-2-3-7-18(17)26-22)27-24(28)31-14-15-10-12-16(25)13-11-15/h2-13,26H,14H2,1H3. The summed E-state index contributed by atoms with van der Waals surface area (Å²) in [6.45, 7) is 0. The average molecular weight is 431 g/mol. The van der Waals surface area contributed by atoms with Gasteiger partial charge in [0.25, 0.3) is 5.56 Å². The van der Waals surface area contributed by atoms with Gasteiger partial charge in [0, 0.05) is 16.7 Å². The third-order valence-electron chi connectivity index (χ3n) is 5.10. The molecule has 2 heterocycles. The molecule has 0 aliphatic rings. The fraction of sp³-hybridized carbons (Fsp3) is 0.0833. The van der Waals surface area contributed by atoms with E-state index >= 15 is 0 Å². The molecule has 0 aliphatic carbocycles. The molecule has 0 radical (unpaired) electrons. The average Bonchev–Trinajstić information content (AvgIpc) is 3.18. The highest BCUT2D eigenvalue weighted by Gasteiger charge is 2.19. The van der Waals surface area contributed by atoms with Crippen molar-refractivity contribution in [2.75, 3.05) is 7.11 Å². The van der Waals surface area contributed by atoms with Gasteiger partial charge in [0.05, 0.1) is 12.8 Å². The summed E-state index contributed by atoms with van der Waals surface area (Å²) in [4.78, 5) is 21.7. The molecule has 0 aliphatic heterocycles. The van der Waals surface area contributed by atoms with Crippen LogP contribution in [0.5, 0.6) is 5.75 Å². The van der Waals surface area contributed by atoms with Crippen LogP contribution in [0, 0.1) is 5.82 Å². The van der Waals surface area contributed by atoms with Gasteiger partial charge >= 0.3 is 0 Å². The lowest BCUT2D eigenvalue weighted by molar-refractivity contribution is 0.411. The summed E-state index contributed by atoms with van der Waals surface area (Å²) in [6, 6.07) is 21.4. The van der Waals surface area contributed by atoms with Crippen LogP contribution in [0.1, 0.15) is 5.56 Å². The molecule has 2 aromatic heterocycles.